The van der Waals surface area contributed by atoms with Crippen LogP contribution in [0.25, 0.3) is 10.2 Å². The van der Waals surface area contributed by atoms with Gasteiger partial charge in [-0.05, 0) is 19.3 Å². The van der Waals surface area contributed by atoms with Gasteiger partial charge < -0.3 is 4.74 Å². The van der Waals surface area contributed by atoms with Crippen molar-refractivity contribution in [2.24, 2.45) is 5.92 Å². The van der Waals surface area contributed by atoms with Crippen LogP contribution in [0.3, 0.4) is 0 Å². The molecule has 114 valence electrons. The van der Waals surface area contributed by atoms with E-state index in [1.54, 1.807) is 24.1 Å². The molecule has 21 heavy (non-hydrogen) atoms. The van der Waals surface area contributed by atoms with E-state index < -0.39 is 0 Å². The number of esters is 1. The summed E-state index contributed by atoms with van der Waals surface area (Å²) in [6.45, 7) is 6.47. The summed E-state index contributed by atoms with van der Waals surface area (Å²) < 4.78 is 5.02. The summed E-state index contributed by atoms with van der Waals surface area (Å²) in [5, 5.41) is 3.29. The van der Waals surface area contributed by atoms with E-state index >= 15 is 0 Å². The minimum atomic E-state index is -0.380. The highest BCUT2D eigenvalue weighted by molar-refractivity contribution is 7.99. The van der Waals surface area contributed by atoms with E-state index in [1.165, 1.54) is 11.3 Å². The summed E-state index contributed by atoms with van der Waals surface area (Å²) >= 11 is 9.20. The molecule has 0 saturated carbocycles. The monoisotopic (exact) mass is 344 g/mol. The number of halogens is 1. The van der Waals surface area contributed by atoms with Crippen LogP contribution in [0.4, 0.5) is 0 Å². The molecule has 2 heterocycles. The zero-order chi connectivity index (χ0) is 15.4. The van der Waals surface area contributed by atoms with Crippen LogP contribution in [0.2, 0.25) is 5.15 Å². The van der Waals surface area contributed by atoms with E-state index in [9.17, 15) is 4.79 Å². The highest BCUT2D eigenvalue weighted by Gasteiger charge is 2.18. The van der Waals surface area contributed by atoms with Gasteiger partial charge in [0.25, 0.3) is 0 Å². The average molecular weight is 345 g/mol. The highest BCUT2D eigenvalue weighted by Crippen LogP contribution is 2.32. The fourth-order valence-electron chi connectivity index (χ4n) is 1.69. The second-order valence-corrected chi connectivity index (χ2v) is 7.16. The van der Waals surface area contributed by atoms with Crippen molar-refractivity contribution in [2.45, 2.75) is 32.3 Å². The summed E-state index contributed by atoms with van der Waals surface area (Å²) in [4.78, 5) is 21.4. The second kappa shape index (κ2) is 7.42. The number of thiophene rings is 1. The number of thioether (sulfide) groups is 1. The number of hydrogen-bond acceptors (Lipinski definition) is 6. The lowest BCUT2D eigenvalue weighted by Gasteiger charge is -2.05. The molecule has 0 aromatic carbocycles. The molecule has 0 aliphatic rings. The lowest BCUT2D eigenvalue weighted by atomic mass is 10.2. The van der Waals surface area contributed by atoms with Gasteiger partial charge in [0.2, 0.25) is 0 Å². The summed E-state index contributed by atoms with van der Waals surface area (Å²) in [5.74, 6) is 1.22. The van der Waals surface area contributed by atoms with Crippen LogP contribution in [0.5, 0.6) is 0 Å². The first kappa shape index (κ1) is 16.5. The maximum absolute atomic E-state index is 11.9. The van der Waals surface area contributed by atoms with E-state index in [-0.39, 0.29) is 5.97 Å². The van der Waals surface area contributed by atoms with Crippen LogP contribution in [-0.4, -0.2) is 28.3 Å². The van der Waals surface area contributed by atoms with Crippen LogP contribution in [0.1, 0.15) is 37.6 Å². The first-order valence-electron chi connectivity index (χ1n) is 6.77. The van der Waals surface area contributed by atoms with Crippen LogP contribution in [0, 0.1) is 5.92 Å². The van der Waals surface area contributed by atoms with E-state index in [0.717, 1.165) is 17.0 Å². The Kier molecular flexibility index (Phi) is 5.84. The van der Waals surface area contributed by atoms with E-state index in [0.29, 0.717) is 33.8 Å². The van der Waals surface area contributed by atoms with Gasteiger partial charge in [-0.2, -0.15) is 0 Å². The van der Waals surface area contributed by atoms with Crippen molar-refractivity contribution in [3.8, 4) is 0 Å². The fourth-order valence-corrected chi connectivity index (χ4v) is 4.12. The molecular formula is C14H17ClN2O2S2. The number of rotatable bonds is 6. The van der Waals surface area contributed by atoms with Crippen molar-refractivity contribution in [1.29, 1.82) is 0 Å². The summed E-state index contributed by atoms with van der Waals surface area (Å²) in [6.07, 6.45) is 1.10. The molecular weight excluding hydrogens is 328 g/mol. The highest BCUT2D eigenvalue weighted by atomic mass is 35.5. The van der Waals surface area contributed by atoms with Crippen molar-refractivity contribution in [3.05, 3.63) is 16.1 Å². The van der Waals surface area contributed by atoms with E-state index in [1.807, 2.05) is 0 Å². The molecule has 2 aromatic rings. The first-order chi connectivity index (χ1) is 10.0. The molecule has 2 aromatic heterocycles. The molecule has 0 aliphatic carbocycles. The predicted octanol–water partition coefficient (Wildman–Crippen LogP) is 4.66. The maximum atomic E-state index is 11.9. The predicted molar refractivity (Wildman–Crippen MR) is 88.6 cm³/mol. The molecule has 0 bridgehead atoms. The number of carbonyl (C=O) groups is 1. The Morgan fingerprint density at radius 3 is 2.90 bits per heavy atom. The Labute approximate surface area is 137 Å². The largest absolute Gasteiger partial charge is 0.462 e. The van der Waals surface area contributed by atoms with Gasteiger partial charge in [0.1, 0.15) is 9.98 Å². The smallest absolute Gasteiger partial charge is 0.339 e. The number of nitrogens with zero attached hydrogens (tertiary/aromatic N) is 2. The van der Waals surface area contributed by atoms with Crippen molar-refractivity contribution < 1.29 is 9.53 Å². The number of ether oxygens (including phenoxy) is 1. The number of aromatic nitrogens is 2. The molecule has 0 atom stereocenters. The Hall–Kier alpha value is -0.850. The average Bonchev–Trinajstić information content (AvgIpc) is 2.83. The third kappa shape index (κ3) is 4.08. The van der Waals surface area contributed by atoms with Crippen molar-refractivity contribution in [1.82, 2.24) is 9.97 Å². The minimum Gasteiger partial charge on any atom is -0.462 e. The standard InChI is InChI=1S/C14H17ClN2O2S2/c1-4-19-13(18)9-7-21-12-10(9)11(15)16-14(17-12)20-6-5-8(2)3/h7-8H,4-6H2,1-3H3. The van der Waals surface area contributed by atoms with Gasteiger partial charge in [-0.15, -0.1) is 11.3 Å². The Morgan fingerprint density at radius 2 is 2.24 bits per heavy atom. The zero-order valence-electron chi connectivity index (χ0n) is 12.2. The van der Waals surface area contributed by atoms with Gasteiger partial charge in [0.15, 0.2) is 5.16 Å². The number of carbonyl (C=O) groups excluding carboxylic acids is 1. The van der Waals surface area contributed by atoms with Gasteiger partial charge in [-0.3, -0.25) is 0 Å². The number of fused-ring (bicyclic) bond motifs is 1. The van der Waals surface area contributed by atoms with Crippen LogP contribution >= 0.6 is 34.7 Å². The molecule has 0 unspecified atom stereocenters. The number of hydrogen-bond donors (Lipinski definition) is 0. The molecule has 2 rings (SSSR count). The maximum Gasteiger partial charge on any atom is 0.339 e. The third-order valence-corrected chi connectivity index (χ3v) is 4.82. The molecule has 0 aliphatic heterocycles. The molecule has 0 spiro atoms. The SMILES string of the molecule is CCOC(=O)c1csc2nc(SCCC(C)C)nc(Cl)c12. The molecule has 7 heteroatoms. The topological polar surface area (TPSA) is 52.1 Å². The summed E-state index contributed by atoms with van der Waals surface area (Å²) in [5.41, 5.74) is 0.445. The Balaban J connectivity index is 2.25. The second-order valence-electron chi connectivity index (χ2n) is 4.88. The molecule has 0 amide bonds. The van der Waals surface area contributed by atoms with Gasteiger partial charge >= 0.3 is 5.97 Å². The van der Waals surface area contributed by atoms with Crippen LogP contribution in [-0.2, 0) is 4.74 Å². The Bertz CT molecular complexity index is 643. The third-order valence-electron chi connectivity index (χ3n) is 2.79. The summed E-state index contributed by atoms with van der Waals surface area (Å²) in [6, 6.07) is 0. The minimum absolute atomic E-state index is 0.316. The van der Waals surface area contributed by atoms with Gasteiger partial charge in [-0.1, -0.05) is 37.2 Å². The van der Waals surface area contributed by atoms with Gasteiger partial charge in [0.05, 0.1) is 17.6 Å². The van der Waals surface area contributed by atoms with Gasteiger partial charge in [-0.25, -0.2) is 14.8 Å². The van der Waals surface area contributed by atoms with E-state index in [4.69, 9.17) is 16.3 Å². The molecule has 0 radical (unpaired) electrons. The Morgan fingerprint density at radius 1 is 1.48 bits per heavy atom. The molecule has 0 fully saturated rings. The van der Waals surface area contributed by atoms with Crippen LogP contribution < -0.4 is 0 Å². The van der Waals surface area contributed by atoms with Crippen molar-refractivity contribution >= 4 is 50.9 Å². The molecule has 4 nitrogen and oxygen atoms in total. The normalized spacial score (nSPS) is 11.3. The lowest BCUT2D eigenvalue weighted by Crippen LogP contribution is -2.04. The van der Waals surface area contributed by atoms with Gasteiger partial charge in [0, 0.05) is 11.1 Å². The fraction of sp³-hybridized carbons (Fsp3) is 0.500. The lowest BCUT2D eigenvalue weighted by molar-refractivity contribution is 0.0529. The van der Waals surface area contributed by atoms with Crippen LogP contribution in [0.15, 0.2) is 10.5 Å². The van der Waals surface area contributed by atoms with Crippen molar-refractivity contribution in [2.75, 3.05) is 12.4 Å². The molecule has 0 saturated heterocycles. The quantitative estimate of drug-likeness (QED) is 0.330. The summed E-state index contributed by atoms with van der Waals surface area (Å²) in [7, 11) is 0. The van der Waals surface area contributed by atoms with Crippen molar-refractivity contribution in [3.63, 3.8) is 0 Å². The van der Waals surface area contributed by atoms with E-state index in [2.05, 4.69) is 23.8 Å². The zero-order valence-corrected chi connectivity index (χ0v) is 14.6. The first-order valence-corrected chi connectivity index (χ1v) is 9.01. The molecule has 0 N–H and O–H groups in total.